The third-order valence-corrected chi connectivity index (χ3v) is 4.51. The second kappa shape index (κ2) is 6.72. The zero-order chi connectivity index (χ0) is 12.1. The fraction of sp³-hybridized carbons (Fsp3) is 1.00. The van der Waals surface area contributed by atoms with Crippen molar-refractivity contribution in [1.82, 2.24) is 10.2 Å². The molecule has 2 rings (SSSR count). The number of likely N-dealkylation sites (N-methyl/N-ethyl adjacent to an activating group) is 1. The van der Waals surface area contributed by atoms with Crippen molar-refractivity contribution in [3.05, 3.63) is 0 Å². The minimum absolute atomic E-state index is 0.653. The van der Waals surface area contributed by atoms with E-state index in [0.29, 0.717) is 6.04 Å². The Bertz CT molecular complexity index is 216. The Morgan fingerprint density at radius 2 is 2.06 bits per heavy atom. The van der Waals surface area contributed by atoms with Crippen molar-refractivity contribution in [2.24, 2.45) is 5.92 Å². The second-order valence-corrected chi connectivity index (χ2v) is 5.82. The van der Waals surface area contributed by atoms with Crippen LogP contribution in [0.3, 0.4) is 0 Å². The van der Waals surface area contributed by atoms with E-state index in [9.17, 15) is 0 Å². The maximum Gasteiger partial charge on any atom is 0.0622 e. The van der Waals surface area contributed by atoms with Crippen molar-refractivity contribution in [2.75, 3.05) is 33.4 Å². The molecule has 2 aliphatic rings. The van der Waals surface area contributed by atoms with E-state index >= 15 is 0 Å². The van der Waals surface area contributed by atoms with E-state index in [1.54, 1.807) is 0 Å². The van der Waals surface area contributed by atoms with Gasteiger partial charge in [-0.05, 0) is 32.2 Å². The molecule has 2 fully saturated rings. The van der Waals surface area contributed by atoms with E-state index in [4.69, 9.17) is 4.74 Å². The summed E-state index contributed by atoms with van der Waals surface area (Å²) in [5.74, 6) is 0.865. The molecule has 100 valence electrons. The van der Waals surface area contributed by atoms with Crippen LogP contribution in [-0.2, 0) is 4.74 Å². The average molecular weight is 240 g/mol. The van der Waals surface area contributed by atoms with Gasteiger partial charge in [0.2, 0.25) is 0 Å². The highest BCUT2D eigenvalue weighted by Crippen LogP contribution is 2.23. The summed E-state index contributed by atoms with van der Waals surface area (Å²) in [5, 5.41) is 3.74. The highest BCUT2D eigenvalue weighted by Gasteiger charge is 2.22. The number of rotatable bonds is 5. The molecule has 3 heteroatoms. The highest BCUT2D eigenvalue weighted by molar-refractivity contribution is 4.79. The van der Waals surface area contributed by atoms with Crippen LogP contribution in [0.15, 0.2) is 0 Å². The van der Waals surface area contributed by atoms with Crippen LogP contribution in [0, 0.1) is 5.92 Å². The standard InChI is InChI=1S/C14H28N2O/c1-12-5-3-4-6-14(12)15-8-9-16(2)13-7-10-17-11-13/h12-15H,3-11H2,1-2H3. The second-order valence-electron chi connectivity index (χ2n) is 5.82. The predicted octanol–water partition coefficient (Wildman–Crippen LogP) is 1.88. The number of hydrogen-bond donors (Lipinski definition) is 1. The maximum absolute atomic E-state index is 5.43. The van der Waals surface area contributed by atoms with Crippen molar-refractivity contribution in [2.45, 2.75) is 51.1 Å². The van der Waals surface area contributed by atoms with Gasteiger partial charge in [0.25, 0.3) is 0 Å². The first kappa shape index (κ1) is 13.3. The molecule has 3 unspecified atom stereocenters. The first-order valence-corrected chi connectivity index (χ1v) is 7.28. The van der Waals surface area contributed by atoms with Crippen LogP contribution in [0.25, 0.3) is 0 Å². The number of nitrogens with one attached hydrogen (secondary N) is 1. The zero-order valence-electron chi connectivity index (χ0n) is 11.5. The highest BCUT2D eigenvalue weighted by atomic mass is 16.5. The number of ether oxygens (including phenoxy) is 1. The topological polar surface area (TPSA) is 24.5 Å². The Hall–Kier alpha value is -0.120. The third kappa shape index (κ3) is 3.94. The fourth-order valence-electron chi connectivity index (χ4n) is 3.10. The summed E-state index contributed by atoms with van der Waals surface area (Å²) in [4.78, 5) is 2.45. The van der Waals surface area contributed by atoms with Gasteiger partial charge < -0.3 is 10.1 Å². The van der Waals surface area contributed by atoms with Crippen LogP contribution in [-0.4, -0.2) is 50.3 Å². The lowest BCUT2D eigenvalue weighted by Gasteiger charge is -2.31. The Labute approximate surface area is 106 Å². The summed E-state index contributed by atoms with van der Waals surface area (Å²) < 4.78 is 5.43. The van der Waals surface area contributed by atoms with Gasteiger partial charge in [-0.1, -0.05) is 19.8 Å². The van der Waals surface area contributed by atoms with Gasteiger partial charge in [0.05, 0.1) is 6.61 Å². The Morgan fingerprint density at radius 1 is 1.24 bits per heavy atom. The SMILES string of the molecule is CC1CCCCC1NCCN(C)C1CCOC1. The monoisotopic (exact) mass is 240 g/mol. The quantitative estimate of drug-likeness (QED) is 0.794. The third-order valence-electron chi connectivity index (χ3n) is 4.51. The van der Waals surface area contributed by atoms with Gasteiger partial charge in [-0.25, -0.2) is 0 Å². The molecule has 0 aromatic heterocycles. The van der Waals surface area contributed by atoms with Gasteiger partial charge in [0.1, 0.15) is 0 Å². The molecule has 3 nitrogen and oxygen atoms in total. The normalized spacial score (nSPS) is 34.4. The van der Waals surface area contributed by atoms with Crippen LogP contribution in [0.1, 0.15) is 39.0 Å². The Morgan fingerprint density at radius 3 is 2.76 bits per heavy atom. The molecule has 1 N–H and O–H groups in total. The predicted molar refractivity (Wildman–Crippen MR) is 71.3 cm³/mol. The molecule has 0 radical (unpaired) electrons. The van der Waals surface area contributed by atoms with Crippen LogP contribution in [0.4, 0.5) is 0 Å². The average Bonchev–Trinajstić information content (AvgIpc) is 2.85. The lowest BCUT2D eigenvalue weighted by molar-refractivity contribution is 0.157. The largest absolute Gasteiger partial charge is 0.380 e. The van der Waals surface area contributed by atoms with Gasteiger partial charge in [-0.3, -0.25) is 4.90 Å². The molecular weight excluding hydrogens is 212 g/mol. The van der Waals surface area contributed by atoms with Crippen molar-refractivity contribution < 1.29 is 4.74 Å². The van der Waals surface area contributed by atoms with Crippen LogP contribution >= 0.6 is 0 Å². The van der Waals surface area contributed by atoms with Crippen molar-refractivity contribution >= 4 is 0 Å². The molecule has 1 saturated heterocycles. The summed E-state index contributed by atoms with van der Waals surface area (Å²) in [6.45, 7) is 6.54. The van der Waals surface area contributed by atoms with E-state index in [2.05, 4.69) is 24.2 Å². The molecule has 1 saturated carbocycles. The van der Waals surface area contributed by atoms with Crippen LogP contribution in [0.5, 0.6) is 0 Å². The number of nitrogens with zero attached hydrogens (tertiary/aromatic N) is 1. The summed E-state index contributed by atoms with van der Waals surface area (Å²) in [6, 6.07) is 1.41. The molecule has 0 aromatic rings. The summed E-state index contributed by atoms with van der Waals surface area (Å²) >= 11 is 0. The molecule has 0 aromatic carbocycles. The van der Waals surface area contributed by atoms with Gasteiger partial charge >= 0.3 is 0 Å². The van der Waals surface area contributed by atoms with Crippen molar-refractivity contribution in [1.29, 1.82) is 0 Å². The molecule has 0 bridgehead atoms. The molecule has 1 heterocycles. The lowest BCUT2D eigenvalue weighted by Crippen LogP contribution is -2.43. The molecule has 3 atom stereocenters. The van der Waals surface area contributed by atoms with Crippen LogP contribution in [0.2, 0.25) is 0 Å². The minimum atomic E-state index is 0.653. The summed E-state index contributed by atoms with van der Waals surface area (Å²) in [7, 11) is 2.23. The van der Waals surface area contributed by atoms with E-state index in [1.807, 2.05) is 0 Å². The molecule has 1 aliphatic carbocycles. The van der Waals surface area contributed by atoms with E-state index < -0.39 is 0 Å². The minimum Gasteiger partial charge on any atom is -0.380 e. The zero-order valence-corrected chi connectivity index (χ0v) is 11.5. The van der Waals surface area contributed by atoms with Gasteiger partial charge in [-0.15, -0.1) is 0 Å². The molecule has 1 aliphatic heterocycles. The Balaban J connectivity index is 1.61. The Kier molecular flexibility index (Phi) is 5.26. The molecular formula is C14H28N2O. The van der Waals surface area contributed by atoms with Crippen LogP contribution < -0.4 is 5.32 Å². The van der Waals surface area contributed by atoms with Gasteiger partial charge in [-0.2, -0.15) is 0 Å². The molecule has 17 heavy (non-hydrogen) atoms. The smallest absolute Gasteiger partial charge is 0.0622 e. The first-order valence-electron chi connectivity index (χ1n) is 7.28. The summed E-state index contributed by atoms with van der Waals surface area (Å²) in [6.07, 6.45) is 6.82. The lowest BCUT2D eigenvalue weighted by atomic mass is 9.86. The first-order chi connectivity index (χ1) is 8.27. The summed E-state index contributed by atoms with van der Waals surface area (Å²) in [5.41, 5.74) is 0. The molecule has 0 spiro atoms. The van der Waals surface area contributed by atoms with E-state index in [-0.39, 0.29) is 0 Å². The number of hydrogen-bond acceptors (Lipinski definition) is 3. The fourth-order valence-corrected chi connectivity index (χ4v) is 3.10. The van der Waals surface area contributed by atoms with Crippen molar-refractivity contribution in [3.8, 4) is 0 Å². The molecule has 0 amide bonds. The van der Waals surface area contributed by atoms with Crippen molar-refractivity contribution in [3.63, 3.8) is 0 Å². The van der Waals surface area contributed by atoms with E-state index in [1.165, 1.54) is 32.1 Å². The van der Waals surface area contributed by atoms with Gasteiger partial charge in [0.15, 0.2) is 0 Å². The van der Waals surface area contributed by atoms with E-state index in [0.717, 1.165) is 38.3 Å². The van der Waals surface area contributed by atoms with Gasteiger partial charge in [0, 0.05) is 31.8 Å². The maximum atomic E-state index is 5.43.